The molecule has 0 aromatic heterocycles. The number of halogens is 1. The van der Waals surface area contributed by atoms with Gasteiger partial charge in [-0.1, -0.05) is 36.0 Å². The maximum atomic E-state index is 12.5. The molecular weight excluding hydrogens is 399 g/mol. The topological polar surface area (TPSA) is 114 Å². The van der Waals surface area contributed by atoms with Crippen LogP contribution in [-0.4, -0.2) is 34.4 Å². The molecule has 2 aromatic carbocycles. The van der Waals surface area contributed by atoms with Crippen LogP contribution in [0.2, 0.25) is 0 Å². The predicted octanol–water partition coefficient (Wildman–Crippen LogP) is 3.79. The molecule has 7 nitrogen and oxygen atoms in total. The quantitative estimate of drug-likeness (QED) is 0.656. The highest BCUT2D eigenvalue weighted by Gasteiger charge is 2.34. The summed E-state index contributed by atoms with van der Waals surface area (Å²) in [6, 6.07) is 13.3. The van der Waals surface area contributed by atoms with Gasteiger partial charge in [-0.05, 0) is 35.9 Å². The molecule has 0 saturated heterocycles. The fourth-order valence-electron chi connectivity index (χ4n) is 2.51. The van der Waals surface area contributed by atoms with Gasteiger partial charge in [0.2, 0.25) is 0 Å². The third kappa shape index (κ3) is 4.76. The molecule has 150 valence electrons. The highest BCUT2D eigenvalue weighted by atomic mass is 32.2. The molecule has 29 heavy (non-hydrogen) atoms. The second-order valence-corrected chi connectivity index (χ2v) is 6.85. The molecule has 0 spiro atoms. The summed E-state index contributed by atoms with van der Waals surface area (Å²) in [4.78, 5) is 19.7. The Bertz CT molecular complexity index is 1010. The Labute approximate surface area is 169 Å². The number of phenolic OH excluding ortho intramolecular Hbond substituents is 1. The van der Waals surface area contributed by atoms with E-state index in [1.807, 2.05) is 0 Å². The minimum atomic E-state index is -1.35. The summed E-state index contributed by atoms with van der Waals surface area (Å²) >= 11 is 0.974. The van der Waals surface area contributed by atoms with Crippen LogP contribution in [0.25, 0.3) is 6.08 Å². The van der Waals surface area contributed by atoms with Crippen molar-refractivity contribution in [3.05, 3.63) is 70.3 Å². The fourth-order valence-corrected chi connectivity index (χ4v) is 3.55. The van der Waals surface area contributed by atoms with Crippen molar-refractivity contribution in [2.75, 3.05) is 13.2 Å². The number of phenols is 1. The summed E-state index contributed by atoms with van der Waals surface area (Å²) in [7, 11) is 0. The Morgan fingerprint density at radius 2 is 1.97 bits per heavy atom. The van der Waals surface area contributed by atoms with E-state index in [0.29, 0.717) is 17.8 Å². The van der Waals surface area contributed by atoms with Crippen molar-refractivity contribution < 1.29 is 29.2 Å². The number of hydrogen-bond donors (Lipinski definition) is 3. The molecular formula is C20H17FN2O5S. The van der Waals surface area contributed by atoms with Crippen LogP contribution in [0.15, 0.2) is 69.8 Å². The van der Waals surface area contributed by atoms with E-state index in [0.717, 1.165) is 11.8 Å². The third-order valence-corrected chi connectivity index (χ3v) is 4.83. The second-order valence-electron chi connectivity index (χ2n) is 5.82. The maximum absolute atomic E-state index is 12.5. The Kier molecular flexibility index (Phi) is 6.53. The number of aromatic hydroxyl groups is 1. The Balaban J connectivity index is 1.96. The van der Waals surface area contributed by atoms with E-state index < -0.39 is 11.7 Å². The lowest BCUT2D eigenvalue weighted by atomic mass is 10.1. The number of carbonyl (C=O) groups is 1. The largest absolute Gasteiger partial charge is 0.506 e. The molecule has 0 bridgehead atoms. The van der Waals surface area contributed by atoms with Crippen LogP contribution >= 0.6 is 11.8 Å². The molecule has 0 radical (unpaired) electrons. The first-order valence-electron chi connectivity index (χ1n) is 8.49. The summed E-state index contributed by atoms with van der Waals surface area (Å²) in [6.45, 7) is 0.554. The van der Waals surface area contributed by atoms with Crippen LogP contribution in [0.5, 0.6) is 11.5 Å². The monoisotopic (exact) mass is 416 g/mol. The van der Waals surface area contributed by atoms with Crippen molar-refractivity contribution in [3.63, 3.8) is 0 Å². The number of aliphatic hydroxyl groups excluding tert-OH is 1. The van der Waals surface area contributed by atoms with Crippen molar-refractivity contribution in [1.29, 1.82) is 0 Å². The Morgan fingerprint density at radius 1 is 1.21 bits per heavy atom. The van der Waals surface area contributed by atoms with Crippen molar-refractivity contribution in [2.45, 2.75) is 0 Å². The zero-order valence-electron chi connectivity index (χ0n) is 15.0. The van der Waals surface area contributed by atoms with Gasteiger partial charge in [-0.3, -0.25) is 0 Å². The number of carbonyl (C=O) groups excluding carboxylic acids is 1. The molecule has 0 atom stereocenters. The number of nitrogens with zero attached hydrogens (tertiary/aromatic N) is 1. The smallest absolute Gasteiger partial charge is 0.386 e. The van der Waals surface area contributed by atoms with Gasteiger partial charge in [-0.15, -0.1) is 0 Å². The second kappa shape index (κ2) is 9.26. The van der Waals surface area contributed by atoms with Gasteiger partial charge in [0.05, 0.1) is 10.6 Å². The molecule has 0 fully saturated rings. The number of aliphatic imine (C=N–C) groups is 1. The lowest BCUT2D eigenvalue weighted by Gasteiger charge is -2.07. The van der Waals surface area contributed by atoms with Crippen LogP contribution in [0.3, 0.4) is 0 Å². The maximum Gasteiger partial charge on any atom is 0.386 e. The Morgan fingerprint density at radius 3 is 2.62 bits per heavy atom. The van der Waals surface area contributed by atoms with Crippen LogP contribution in [0, 0.1) is 0 Å². The summed E-state index contributed by atoms with van der Waals surface area (Å²) in [5, 5.41) is 20.6. The van der Waals surface area contributed by atoms with Gasteiger partial charge in [-0.2, -0.15) is 0 Å². The van der Waals surface area contributed by atoms with Crippen molar-refractivity contribution in [3.8, 4) is 11.5 Å². The lowest BCUT2D eigenvalue weighted by molar-refractivity contribution is -0.177. The van der Waals surface area contributed by atoms with Crippen molar-refractivity contribution in [2.24, 2.45) is 10.7 Å². The number of aliphatic hydroxyl groups is 1. The van der Waals surface area contributed by atoms with E-state index in [9.17, 15) is 19.5 Å². The summed E-state index contributed by atoms with van der Waals surface area (Å²) in [6.07, 6.45) is 1.52. The van der Waals surface area contributed by atoms with Crippen LogP contribution in [0.4, 0.5) is 10.2 Å². The van der Waals surface area contributed by atoms with Gasteiger partial charge >= 0.3 is 5.97 Å². The van der Waals surface area contributed by atoms with Gasteiger partial charge in [0, 0.05) is 11.1 Å². The van der Waals surface area contributed by atoms with Gasteiger partial charge in [0.15, 0.2) is 11.5 Å². The number of nitrogens with two attached hydrogens (primary N) is 1. The van der Waals surface area contributed by atoms with E-state index in [-0.39, 0.29) is 33.6 Å². The number of ether oxygens (including phenoxy) is 1. The van der Waals surface area contributed by atoms with E-state index in [4.69, 9.17) is 10.5 Å². The average Bonchev–Trinajstić information content (AvgIpc) is 3.02. The molecule has 0 aliphatic carbocycles. The predicted molar refractivity (Wildman–Crippen MR) is 109 cm³/mol. The average molecular weight is 416 g/mol. The Hall–Kier alpha value is -3.30. The molecule has 0 unspecified atom stereocenters. The molecule has 3 rings (SSSR count). The standard InChI is InChI=1S/C20H17FN2O5S/c21-28-20(26)17-18(25)16(29-19(17)23-13-4-2-1-3-5-13)11-12-6-7-15(14(24)10-12)27-9-8-22/h1-7,10-11,24-25H,8-9,22H2/b16-11-,23-19?. The minimum absolute atomic E-state index is 0.0923. The minimum Gasteiger partial charge on any atom is -0.506 e. The van der Waals surface area contributed by atoms with Crippen molar-refractivity contribution in [1.82, 2.24) is 0 Å². The van der Waals surface area contributed by atoms with E-state index >= 15 is 0 Å². The van der Waals surface area contributed by atoms with Crippen LogP contribution in [0.1, 0.15) is 5.56 Å². The zero-order chi connectivity index (χ0) is 20.8. The highest BCUT2D eigenvalue weighted by molar-refractivity contribution is 8.18. The number of para-hydroxylation sites is 1. The molecule has 0 saturated carbocycles. The summed E-state index contributed by atoms with van der Waals surface area (Å²) in [5.74, 6) is -1.65. The zero-order valence-corrected chi connectivity index (χ0v) is 15.9. The summed E-state index contributed by atoms with van der Waals surface area (Å²) < 4.78 is 17.8. The van der Waals surface area contributed by atoms with E-state index in [1.54, 1.807) is 42.5 Å². The van der Waals surface area contributed by atoms with Crippen LogP contribution in [-0.2, 0) is 9.74 Å². The molecule has 1 aliphatic rings. The number of rotatable bonds is 6. The van der Waals surface area contributed by atoms with Gasteiger partial charge in [0.25, 0.3) is 0 Å². The normalized spacial score (nSPS) is 16.5. The molecule has 9 heteroatoms. The number of hydrogen-bond acceptors (Lipinski definition) is 8. The molecule has 0 amide bonds. The number of benzene rings is 2. The third-order valence-electron chi connectivity index (χ3n) is 3.81. The van der Waals surface area contributed by atoms with Crippen LogP contribution < -0.4 is 10.5 Å². The van der Waals surface area contributed by atoms with E-state index in [1.165, 1.54) is 12.1 Å². The molecule has 2 aromatic rings. The van der Waals surface area contributed by atoms with E-state index in [2.05, 4.69) is 9.93 Å². The molecule has 1 heterocycles. The first kappa shape index (κ1) is 20.4. The highest BCUT2D eigenvalue weighted by Crippen LogP contribution is 2.40. The first-order chi connectivity index (χ1) is 14.0. The lowest BCUT2D eigenvalue weighted by Crippen LogP contribution is -2.10. The SMILES string of the molecule is NCCOc1ccc(/C=C2\SC(=Nc3ccccc3)C(C(=O)OF)=C2O)cc1O. The molecule has 4 N–H and O–H groups in total. The number of thioether (sulfide) groups is 1. The fraction of sp³-hybridized carbons (Fsp3) is 0.100. The first-order valence-corrected chi connectivity index (χ1v) is 9.31. The van der Waals surface area contributed by atoms with Gasteiger partial charge in [0.1, 0.15) is 23.0 Å². The van der Waals surface area contributed by atoms with Gasteiger partial charge < -0.3 is 20.7 Å². The molecule has 1 aliphatic heterocycles. The summed E-state index contributed by atoms with van der Waals surface area (Å²) in [5.41, 5.74) is 6.03. The van der Waals surface area contributed by atoms with Crippen molar-refractivity contribution >= 4 is 34.5 Å². The van der Waals surface area contributed by atoms with Gasteiger partial charge in [-0.25, -0.2) is 14.7 Å².